The summed E-state index contributed by atoms with van der Waals surface area (Å²) in [4.78, 5) is 0. The fourth-order valence-electron chi connectivity index (χ4n) is 10.1. The van der Waals surface area contributed by atoms with Crippen LogP contribution >= 0.6 is 0 Å². The molecule has 4 saturated carbocycles. The summed E-state index contributed by atoms with van der Waals surface area (Å²) in [6.07, 6.45) is 17.0. The van der Waals surface area contributed by atoms with E-state index in [1.165, 1.54) is 68.9 Å². The first-order chi connectivity index (χ1) is 16.7. The Morgan fingerprint density at radius 3 is 2.40 bits per heavy atom. The Labute approximate surface area is 216 Å². The van der Waals surface area contributed by atoms with Crippen LogP contribution in [0.3, 0.4) is 0 Å². The Balaban J connectivity index is 1.33. The van der Waals surface area contributed by atoms with Crippen LogP contribution in [-0.2, 0) is 0 Å². The van der Waals surface area contributed by atoms with E-state index in [0.29, 0.717) is 16.7 Å². The van der Waals surface area contributed by atoms with Crippen LogP contribution in [0.4, 0.5) is 0 Å². The van der Waals surface area contributed by atoms with E-state index in [0.717, 1.165) is 48.3 Å². The van der Waals surface area contributed by atoms with Gasteiger partial charge in [-0.05, 0) is 115 Å². The molecule has 5 rings (SSSR count). The number of benzene rings is 1. The molecule has 4 aliphatic rings. The van der Waals surface area contributed by atoms with Gasteiger partial charge in [0.25, 0.3) is 0 Å². The molecular weight excluding hydrogens is 424 g/mol. The number of fused-ring (bicyclic) bond motifs is 5. The second kappa shape index (κ2) is 10.00. The summed E-state index contributed by atoms with van der Waals surface area (Å²) in [5, 5.41) is 11.1. The summed E-state index contributed by atoms with van der Waals surface area (Å²) >= 11 is 0. The van der Waals surface area contributed by atoms with Crippen molar-refractivity contribution in [1.82, 2.24) is 0 Å². The van der Waals surface area contributed by atoms with Gasteiger partial charge in [-0.2, -0.15) is 0 Å². The third kappa shape index (κ3) is 4.69. The van der Waals surface area contributed by atoms with Crippen molar-refractivity contribution >= 4 is 6.08 Å². The van der Waals surface area contributed by atoms with E-state index >= 15 is 0 Å². The van der Waals surface area contributed by atoms with Gasteiger partial charge in [0.1, 0.15) is 0 Å². The van der Waals surface area contributed by atoms with Gasteiger partial charge in [-0.15, -0.1) is 0 Å². The second-order valence-electron chi connectivity index (χ2n) is 14.2. The van der Waals surface area contributed by atoms with Crippen molar-refractivity contribution in [1.29, 1.82) is 0 Å². The molecule has 1 N–H and O–H groups in total. The minimum Gasteiger partial charge on any atom is -0.389 e. The molecule has 194 valence electrons. The largest absolute Gasteiger partial charge is 0.389 e. The molecule has 0 radical (unpaired) electrons. The summed E-state index contributed by atoms with van der Waals surface area (Å²) in [5.41, 5.74) is 3.48. The van der Waals surface area contributed by atoms with Gasteiger partial charge in [0.05, 0.1) is 6.10 Å². The Bertz CT molecular complexity index is 885. The van der Waals surface area contributed by atoms with E-state index in [9.17, 15) is 5.11 Å². The standard InChI is InChI=1S/C34H52O/c1-23(2)10-9-11-24(3)29-16-17-30-28-15-14-27-21-32(35)26(20-25-12-7-6-8-13-25)22-34(27,5)31(28)18-19-33(29,30)4/h6-8,12-13,20,23-24,27-32,35H,9-11,14-19,21-22H2,1-5H3. The van der Waals surface area contributed by atoms with Crippen LogP contribution < -0.4 is 0 Å². The first kappa shape index (κ1) is 25.6. The van der Waals surface area contributed by atoms with Crippen molar-refractivity contribution in [3.05, 3.63) is 41.5 Å². The molecule has 4 aliphatic carbocycles. The highest BCUT2D eigenvalue weighted by Gasteiger charge is 2.60. The molecule has 9 atom stereocenters. The monoisotopic (exact) mass is 476 g/mol. The lowest BCUT2D eigenvalue weighted by molar-refractivity contribution is -0.117. The number of hydrogen-bond donors (Lipinski definition) is 1. The van der Waals surface area contributed by atoms with Crippen LogP contribution in [0.5, 0.6) is 0 Å². The van der Waals surface area contributed by atoms with Crippen LogP contribution in [0, 0.1) is 52.3 Å². The Morgan fingerprint density at radius 1 is 0.914 bits per heavy atom. The van der Waals surface area contributed by atoms with Crippen LogP contribution in [-0.4, -0.2) is 11.2 Å². The number of aliphatic hydroxyl groups is 1. The van der Waals surface area contributed by atoms with E-state index in [1.807, 2.05) is 0 Å². The number of rotatable bonds is 6. The minimum atomic E-state index is -0.249. The van der Waals surface area contributed by atoms with Crippen molar-refractivity contribution in [2.45, 2.75) is 111 Å². The molecule has 1 nitrogen and oxygen atoms in total. The lowest BCUT2D eigenvalue weighted by Crippen LogP contribution is -2.54. The molecule has 0 saturated heterocycles. The highest BCUT2D eigenvalue weighted by molar-refractivity contribution is 5.54. The fourth-order valence-corrected chi connectivity index (χ4v) is 10.1. The molecule has 0 amide bonds. The molecule has 35 heavy (non-hydrogen) atoms. The SMILES string of the molecule is CC(C)CCCC(C)C1CCC2C3CCC4CC(O)C(=Cc5ccccc5)CC4(C)C3CCC12C. The maximum absolute atomic E-state index is 11.1. The lowest BCUT2D eigenvalue weighted by Gasteiger charge is -2.61. The van der Waals surface area contributed by atoms with E-state index < -0.39 is 0 Å². The summed E-state index contributed by atoms with van der Waals surface area (Å²) in [6, 6.07) is 10.7. The third-order valence-corrected chi connectivity index (χ3v) is 11.9. The van der Waals surface area contributed by atoms with Crippen LogP contribution in [0.1, 0.15) is 111 Å². The Kier molecular flexibility index (Phi) is 7.30. The second-order valence-corrected chi connectivity index (χ2v) is 14.2. The zero-order valence-electron chi connectivity index (χ0n) is 23.3. The van der Waals surface area contributed by atoms with Crippen molar-refractivity contribution in [3.63, 3.8) is 0 Å². The summed E-state index contributed by atoms with van der Waals surface area (Å²) in [5.74, 6) is 6.06. The number of hydrogen-bond acceptors (Lipinski definition) is 1. The van der Waals surface area contributed by atoms with Gasteiger partial charge in [0.2, 0.25) is 0 Å². The van der Waals surface area contributed by atoms with E-state index in [1.54, 1.807) is 0 Å². The molecule has 0 spiro atoms. The van der Waals surface area contributed by atoms with Gasteiger partial charge in [-0.1, -0.05) is 90.3 Å². The van der Waals surface area contributed by atoms with Crippen LogP contribution in [0.2, 0.25) is 0 Å². The van der Waals surface area contributed by atoms with E-state index in [2.05, 4.69) is 71.0 Å². The van der Waals surface area contributed by atoms with Gasteiger partial charge < -0.3 is 5.11 Å². The van der Waals surface area contributed by atoms with Gasteiger partial charge in [-0.3, -0.25) is 0 Å². The first-order valence-electron chi connectivity index (χ1n) is 15.2. The highest BCUT2D eigenvalue weighted by atomic mass is 16.3. The fraction of sp³-hybridized carbons (Fsp3) is 0.765. The Hall–Kier alpha value is -1.08. The maximum atomic E-state index is 11.1. The molecule has 1 aromatic rings. The zero-order valence-corrected chi connectivity index (χ0v) is 23.3. The topological polar surface area (TPSA) is 20.2 Å². The minimum absolute atomic E-state index is 0.249. The highest BCUT2D eigenvalue weighted by Crippen LogP contribution is 2.68. The molecule has 0 heterocycles. The molecule has 0 bridgehead atoms. The Morgan fingerprint density at radius 2 is 1.66 bits per heavy atom. The maximum Gasteiger partial charge on any atom is 0.0756 e. The summed E-state index contributed by atoms with van der Waals surface area (Å²) in [7, 11) is 0. The molecule has 0 aromatic heterocycles. The van der Waals surface area contributed by atoms with Crippen LogP contribution in [0.25, 0.3) is 6.08 Å². The normalized spacial score (nSPS) is 43.0. The molecule has 1 heteroatoms. The van der Waals surface area contributed by atoms with E-state index in [-0.39, 0.29) is 6.10 Å². The van der Waals surface area contributed by atoms with Gasteiger partial charge in [0, 0.05) is 0 Å². The molecule has 4 fully saturated rings. The van der Waals surface area contributed by atoms with Crippen molar-refractivity contribution in [3.8, 4) is 0 Å². The van der Waals surface area contributed by atoms with Crippen LogP contribution in [0.15, 0.2) is 35.9 Å². The molecular formula is C34H52O. The van der Waals surface area contributed by atoms with Crippen molar-refractivity contribution in [2.75, 3.05) is 0 Å². The summed E-state index contributed by atoms with van der Waals surface area (Å²) in [6.45, 7) is 12.7. The molecule has 0 aliphatic heterocycles. The van der Waals surface area contributed by atoms with Crippen molar-refractivity contribution in [2.24, 2.45) is 52.3 Å². The lowest BCUT2D eigenvalue weighted by atomic mass is 9.44. The quantitative estimate of drug-likeness (QED) is 0.434. The third-order valence-electron chi connectivity index (χ3n) is 11.9. The predicted molar refractivity (Wildman–Crippen MR) is 149 cm³/mol. The van der Waals surface area contributed by atoms with Gasteiger partial charge >= 0.3 is 0 Å². The molecule has 9 unspecified atom stereocenters. The number of aliphatic hydroxyl groups excluding tert-OH is 1. The smallest absolute Gasteiger partial charge is 0.0756 e. The van der Waals surface area contributed by atoms with Gasteiger partial charge in [0.15, 0.2) is 0 Å². The van der Waals surface area contributed by atoms with E-state index in [4.69, 9.17) is 0 Å². The van der Waals surface area contributed by atoms with Gasteiger partial charge in [-0.25, -0.2) is 0 Å². The summed E-state index contributed by atoms with van der Waals surface area (Å²) < 4.78 is 0. The zero-order chi connectivity index (χ0) is 24.8. The average molecular weight is 477 g/mol. The molecule has 1 aromatic carbocycles. The predicted octanol–water partition coefficient (Wildman–Crippen LogP) is 9.16. The average Bonchev–Trinajstić information content (AvgIpc) is 3.18. The first-order valence-corrected chi connectivity index (χ1v) is 15.2. The van der Waals surface area contributed by atoms with Crippen molar-refractivity contribution < 1.29 is 5.11 Å².